The number of hydrogen-bond acceptors (Lipinski definition) is 3. The van der Waals surface area contributed by atoms with E-state index in [1.54, 1.807) is 4.31 Å². The highest BCUT2D eigenvalue weighted by Gasteiger charge is 2.50. The maximum Gasteiger partial charge on any atom is 0.211 e. The summed E-state index contributed by atoms with van der Waals surface area (Å²) < 4.78 is 31.9. The van der Waals surface area contributed by atoms with Crippen LogP contribution in [0.1, 0.15) is 61.3 Å². The third kappa shape index (κ3) is 4.71. The fourth-order valence-corrected chi connectivity index (χ4v) is 3.58. The zero-order valence-electron chi connectivity index (χ0n) is 14.3. The molecule has 1 rings (SSSR count). The van der Waals surface area contributed by atoms with Crippen LogP contribution >= 0.6 is 0 Å². The van der Waals surface area contributed by atoms with Gasteiger partial charge in [0, 0.05) is 12.1 Å². The second kappa shape index (κ2) is 5.25. The van der Waals surface area contributed by atoms with E-state index >= 15 is 0 Å². The Morgan fingerprint density at radius 1 is 1.15 bits per heavy atom. The fourth-order valence-electron chi connectivity index (χ4n) is 2.12. The lowest BCUT2D eigenvalue weighted by Crippen LogP contribution is -2.50. The van der Waals surface area contributed by atoms with E-state index in [9.17, 15) is 8.42 Å². The Kier molecular flexibility index (Phi) is 4.71. The molecule has 0 saturated heterocycles. The van der Waals surface area contributed by atoms with E-state index in [2.05, 4.69) is 27.7 Å². The van der Waals surface area contributed by atoms with Crippen molar-refractivity contribution in [3.63, 3.8) is 0 Å². The van der Waals surface area contributed by atoms with E-state index in [0.717, 1.165) is 12.8 Å². The first-order valence-corrected chi connectivity index (χ1v) is 9.18. The van der Waals surface area contributed by atoms with Crippen LogP contribution in [-0.2, 0) is 14.8 Å². The van der Waals surface area contributed by atoms with E-state index in [-0.39, 0.29) is 17.1 Å². The van der Waals surface area contributed by atoms with Crippen molar-refractivity contribution in [1.82, 2.24) is 4.31 Å². The Bertz CT molecular complexity index is 439. The minimum Gasteiger partial charge on any atom is -0.370 e. The van der Waals surface area contributed by atoms with Gasteiger partial charge in [-0.1, -0.05) is 20.8 Å². The van der Waals surface area contributed by atoms with Crippen molar-refractivity contribution in [2.75, 3.05) is 12.8 Å². The fraction of sp³-hybridized carbons (Fsp3) is 1.00. The highest BCUT2D eigenvalue weighted by atomic mass is 32.2. The lowest BCUT2D eigenvalue weighted by atomic mass is 9.90. The summed E-state index contributed by atoms with van der Waals surface area (Å²) in [6.45, 7) is 14.7. The van der Waals surface area contributed by atoms with Crippen LogP contribution in [0.15, 0.2) is 0 Å². The molecule has 1 atom stereocenters. The van der Waals surface area contributed by atoms with Gasteiger partial charge >= 0.3 is 0 Å². The molecule has 0 aromatic heterocycles. The zero-order chi connectivity index (χ0) is 16.0. The van der Waals surface area contributed by atoms with Crippen LogP contribution < -0.4 is 0 Å². The smallest absolute Gasteiger partial charge is 0.211 e. The van der Waals surface area contributed by atoms with Gasteiger partial charge in [-0.25, -0.2) is 8.42 Å². The summed E-state index contributed by atoms with van der Waals surface area (Å²) in [6, 6.07) is 0. The Morgan fingerprint density at radius 2 is 1.60 bits per heavy atom. The third-order valence-electron chi connectivity index (χ3n) is 4.03. The molecule has 5 heteroatoms. The van der Waals surface area contributed by atoms with E-state index in [1.807, 2.05) is 20.8 Å². The van der Waals surface area contributed by atoms with Gasteiger partial charge in [-0.3, -0.25) is 0 Å². The number of sulfonamides is 1. The monoisotopic (exact) mass is 305 g/mol. The van der Waals surface area contributed by atoms with Crippen LogP contribution in [0.2, 0.25) is 0 Å². The van der Waals surface area contributed by atoms with Gasteiger partial charge in [0.1, 0.15) is 0 Å². The summed E-state index contributed by atoms with van der Waals surface area (Å²) in [5, 5.41) is 0. The van der Waals surface area contributed by atoms with E-state index < -0.39 is 15.6 Å². The van der Waals surface area contributed by atoms with Crippen LogP contribution in [0.3, 0.4) is 0 Å². The maximum atomic E-state index is 12.0. The molecule has 0 heterocycles. The highest BCUT2D eigenvalue weighted by Crippen LogP contribution is 2.44. The van der Waals surface area contributed by atoms with E-state index in [4.69, 9.17) is 4.74 Å². The Hall–Kier alpha value is -0.130. The molecule has 0 radical (unpaired) electrons. The summed E-state index contributed by atoms with van der Waals surface area (Å²) in [4.78, 5) is 0. The molecule has 0 aromatic carbocycles. The first-order valence-electron chi connectivity index (χ1n) is 7.33. The molecule has 0 aromatic rings. The van der Waals surface area contributed by atoms with Crippen LogP contribution in [0, 0.1) is 5.41 Å². The molecule has 0 aliphatic heterocycles. The molecule has 0 N–H and O–H groups in total. The molecular weight excluding hydrogens is 274 g/mol. The van der Waals surface area contributed by atoms with Crippen LogP contribution in [0.5, 0.6) is 0 Å². The Morgan fingerprint density at radius 3 is 1.85 bits per heavy atom. The van der Waals surface area contributed by atoms with Gasteiger partial charge in [0.15, 0.2) is 0 Å². The van der Waals surface area contributed by atoms with Crippen molar-refractivity contribution >= 4 is 10.0 Å². The first-order chi connectivity index (χ1) is 8.67. The summed E-state index contributed by atoms with van der Waals surface area (Å²) in [7, 11) is -3.23. The largest absolute Gasteiger partial charge is 0.370 e. The van der Waals surface area contributed by atoms with Gasteiger partial charge in [0.2, 0.25) is 10.0 Å². The SMILES string of the molecule is C[C@H](OC1(CN(C(C)(C)C)S(C)(=O)=O)CC1)C(C)(C)C. The van der Waals surface area contributed by atoms with Gasteiger partial charge in [0.05, 0.1) is 18.0 Å². The second-order valence-corrected chi connectivity index (χ2v) is 10.2. The lowest BCUT2D eigenvalue weighted by Gasteiger charge is -2.38. The highest BCUT2D eigenvalue weighted by molar-refractivity contribution is 7.88. The van der Waals surface area contributed by atoms with Crippen molar-refractivity contribution in [3.05, 3.63) is 0 Å². The number of ether oxygens (including phenoxy) is 1. The number of hydrogen-bond donors (Lipinski definition) is 0. The molecule has 0 bridgehead atoms. The molecule has 4 nitrogen and oxygen atoms in total. The van der Waals surface area contributed by atoms with Gasteiger partial charge in [0.25, 0.3) is 0 Å². The number of rotatable bonds is 5. The zero-order valence-corrected chi connectivity index (χ0v) is 15.1. The summed E-state index contributed by atoms with van der Waals surface area (Å²) in [5.74, 6) is 0. The molecule has 1 fully saturated rings. The Balaban J connectivity index is 2.85. The van der Waals surface area contributed by atoms with E-state index in [0.29, 0.717) is 6.54 Å². The topological polar surface area (TPSA) is 46.6 Å². The second-order valence-electron chi connectivity index (χ2n) is 8.25. The lowest BCUT2D eigenvalue weighted by molar-refractivity contribution is -0.0802. The van der Waals surface area contributed by atoms with Gasteiger partial charge in [-0.15, -0.1) is 0 Å². The van der Waals surface area contributed by atoms with Gasteiger partial charge in [-0.05, 0) is 46.0 Å². The average Bonchev–Trinajstić information content (AvgIpc) is 2.90. The molecular formula is C15H31NO3S. The minimum absolute atomic E-state index is 0.0627. The molecule has 1 saturated carbocycles. The quantitative estimate of drug-likeness (QED) is 0.784. The van der Waals surface area contributed by atoms with Crippen LogP contribution in [0.25, 0.3) is 0 Å². The number of nitrogens with zero attached hydrogens (tertiary/aromatic N) is 1. The van der Waals surface area contributed by atoms with Gasteiger partial charge < -0.3 is 4.74 Å². The molecule has 0 spiro atoms. The first kappa shape index (κ1) is 17.9. The molecule has 20 heavy (non-hydrogen) atoms. The van der Waals surface area contributed by atoms with Gasteiger partial charge in [-0.2, -0.15) is 4.31 Å². The van der Waals surface area contributed by atoms with Crippen molar-refractivity contribution in [2.24, 2.45) is 5.41 Å². The summed E-state index contributed by atoms with van der Waals surface area (Å²) in [6.07, 6.45) is 3.26. The molecule has 1 aliphatic rings. The van der Waals surface area contributed by atoms with Crippen molar-refractivity contribution < 1.29 is 13.2 Å². The minimum atomic E-state index is -3.23. The average molecular weight is 305 g/mol. The predicted octanol–water partition coefficient (Wildman–Crippen LogP) is 3.03. The summed E-state index contributed by atoms with van der Waals surface area (Å²) >= 11 is 0. The van der Waals surface area contributed by atoms with Crippen molar-refractivity contribution in [1.29, 1.82) is 0 Å². The molecule has 1 aliphatic carbocycles. The van der Waals surface area contributed by atoms with Crippen LogP contribution in [-0.4, -0.2) is 42.8 Å². The predicted molar refractivity (Wildman–Crippen MR) is 83.3 cm³/mol. The normalized spacial score (nSPS) is 21.1. The molecule has 0 amide bonds. The maximum absolute atomic E-state index is 12.0. The standard InChI is InChI=1S/C15H31NO3S/c1-12(13(2,3)4)19-15(9-10-15)11-16(14(5,6)7)20(8,17)18/h12H,9-11H2,1-8H3/t12-/m0/s1. The Labute approximate surface area is 124 Å². The van der Waals surface area contributed by atoms with Crippen LogP contribution in [0.4, 0.5) is 0 Å². The molecule has 0 unspecified atom stereocenters. The summed E-state index contributed by atoms with van der Waals surface area (Å²) in [5.41, 5.74) is -0.645. The molecule has 120 valence electrons. The van der Waals surface area contributed by atoms with E-state index in [1.165, 1.54) is 6.26 Å². The third-order valence-corrected chi connectivity index (χ3v) is 5.51. The van der Waals surface area contributed by atoms with Crippen molar-refractivity contribution in [3.8, 4) is 0 Å². The van der Waals surface area contributed by atoms with Crippen molar-refractivity contribution in [2.45, 2.75) is 78.6 Å².